The molecule has 14 heavy (non-hydrogen) atoms. The van der Waals surface area contributed by atoms with Gasteiger partial charge in [-0.25, -0.2) is 0 Å². The Balaban J connectivity index is 1.98. The van der Waals surface area contributed by atoms with Crippen LogP contribution in [-0.2, 0) is 9.47 Å². The van der Waals surface area contributed by atoms with E-state index in [0.29, 0.717) is 0 Å². The van der Waals surface area contributed by atoms with E-state index in [1.54, 1.807) is 0 Å². The third kappa shape index (κ3) is 2.12. The Morgan fingerprint density at radius 3 is 1.57 bits per heavy atom. The Kier molecular flexibility index (Phi) is 2.58. The lowest BCUT2D eigenvalue weighted by molar-refractivity contribution is -0.00976. The molecular weight excluding hydrogens is 180 g/mol. The Morgan fingerprint density at radius 1 is 0.857 bits per heavy atom. The summed E-state index contributed by atoms with van der Waals surface area (Å²) in [6.45, 7) is 5.57. The van der Waals surface area contributed by atoms with Gasteiger partial charge in [-0.3, -0.25) is 0 Å². The largest absolute Gasteiger partial charge is 0.352 e. The summed E-state index contributed by atoms with van der Waals surface area (Å²) in [5.74, 6) is 0. The summed E-state index contributed by atoms with van der Waals surface area (Å²) in [6.07, 6.45) is 4.08. The second-order valence-electron chi connectivity index (χ2n) is 4.45. The lowest BCUT2D eigenvalue weighted by Gasteiger charge is -2.20. The lowest BCUT2D eigenvalue weighted by atomic mass is 10.2. The van der Waals surface area contributed by atoms with Crippen molar-refractivity contribution < 1.29 is 9.47 Å². The van der Waals surface area contributed by atoms with Crippen molar-refractivity contribution in [3.8, 4) is 0 Å². The summed E-state index contributed by atoms with van der Waals surface area (Å²) < 4.78 is 11.1. The number of ether oxygens (including phenoxy) is 2. The molecule has 0 aromatic heterocycles. The quantitative estimate of drug-likeness (QED) is 0.640. The summed E-state index contributed by atoms with van der Waals surface area (Å²) >= 11 is 0. The third-order valence-corrected chi connectivity index (χ3v) is 2.87. The van der Waals surface area contributed by atoms with Crippen LogP contribution in [0.5, 0.6) is 0 Å². The van der Waals surface area contributed by atoms with Crippen molar-refractivity contribution in [3.05, 3.63) is 0 Å². The minimum absolute atomic E-state index is 0.394. The maximum absolute atomic E-state index is 5.53. The van der Waals surface area contributed by atoms with Gasteiger partial charge in [0, 0.05) is 26.1 Å². The van der Waals surface area contributed by atoms with Crippen LogP contribution in [0.2, 0.25) is 0 Å². The molecule has 0 bridgehead atoms. The maximum Gasteiger partial charge on any atom is 0.176 e. The highest BCUT2D eigenvalue weighted by molar-refractivity contribution is 4.80. The maximum atomic E-state index is 5.53. The van der Waals surface area contributed by atoms with Gasteiger partial charge in [0.2, 0.25) is 0 Å². The smallest absolute Gasteiger partial charge is 0.176 e. The van der Waals surface area contributed by atoms with Crippen LogP contribution in [0.25, 0.3) is 0 Å². The fourth-order valence-corrected chi connectivity index (χ4v) is 1.90. The first-order chi connectivity index (χ1) is 6.62. The highest BCUT2D eigenvalue weighted by Gasteiger charge is 2.33. The van der Waals surface area contributed by atoms with Gasteiger partial charge in [-0.2, -0.15) is 10.2 Å². The minimum Gasteiger partial charge on any atom is -0.352 e. The van der Waals surface area contributed by atoms with Gasteiger partial charge in [-0.15, -0.1) is 0 Å². The van der Waals surface area contributed by atoms with Crippen molar-refractivity contribution in [1.82, 2.24) is 0 Å². The van der Waals surface area contributed by atoms with E-state index in [1.165, 1.54) is 0 Å². The van der Waals surface area contributed by atoms with Crippen LogP contribution in [0.3, 0.4) is 0 Å². The van der Waals surface area contributed by atoms with Gasteiger partial charge < -0.3 is 9.47 Å². The van der Waals surface area contributed by atoms with Gasteiger partial charge in [0.15, 0.2) is 11.4 Å². The lowest BCUT2D eigenvalue weighted by Crippen LogP contribution is -2.24. The molecule has 4 nitrogen and oxygen atoms in total. The first kappa shape index (κ1) is 10.1. The number of hydrogen-bond acceptors (Lipinski definition) is 4. The van der Waals surface area contributed by atoms with Crippen molar-refractivity contribution in [3.63, 3.8) is 0 Å². The molecule has 2 heterocycles. The molecule has 0 aliphatic carbocycles. The molecule has 2 unspecified atom stereocenters. The molecule has 0 aromatic carbocycles. The highest BCUT2D eigenvalue weighted by Crippen LogP contribution is 2.31. The SMILES string of the molecule is CC1(N=NC2(C)CCCO2)CCCO1. The highest BCUT2D eigenvalue weighted by atomic mass is 16.5. The molecule has 4 heteroatoms. The van der Waals surface area contributed by atoms with Gasteiger partial charge in [-0.05, 0) is 26.7 Å². The summed E-state index contributed by atoms with van der Waals surface area (Å²) in [6, 6.07) is 0. The van der Waals surface area contributed by atoms with Crippen LogP contribution < -0.4 is 0 Å². The van der Waals surface area contributed by atoms with E-state index in [2.05, 4.69) is 10.2 Å². The molecule has 2 aliphatic heterocycles. The standard InChI is InChI=1S/C10H18N2O2/c1-9(5-3-7-13-9)11-12-10(2)6-4-8-14-10/h3-8H2,1-2H3. The van der Waals surface area contributed by atoms with Crippen LogP contribution in [0.15, 0.2) is 10.2 Å². The van der Waals surface area contributed by atoms with Crippen molar-refractivity contribution in [2.75, 3.05) is 13.2 Å². The van der Waals surface area contributed by atoms with E-state index in [9.17, 15) is 0 Å². The van der Waals surface area contributed by atoms with Gasteiger partial charge in [-0.1, -0.05) is 0 Å². The normalized spacial score (nSPS) is 43.9. The van der Waals surface area contributed by atoms with Crippen LogP contribution in [0.1, 0.15) is 39.5 Å². The van der Waals surface area contributed by atoms with Gasteiger partial charge in [0.25, 0.3) is 0 Å². The monoisotopic (exact) mass is 198 g/mol. The zero-order valence-electron chi connectivity index (χ0n) is 8.95. The first-order valence-corrected chi connectivity index (χ1v) is 5.34. The van der Waals surface area contributed by atoms with Gasteiger partial charge >= 0.3 is 0 Å². The molecule has 0 aromatic rings. The van der Waals surface area contributed by atoms with E-state index >= 15 is 0 Å². The molecule has 0 radical (unpaired) electrons. The molecule has 2 rings (SSSR count). The Labute approximate surface area is 84.7 Å². The van der Waals surface area contributed by atoms with Crippen LogP contribution in [0, 0.1) is 0 Å². The summed E-state index contributed by atoms with van der Waals surface area (Å²) in [5, 5.41) is 8.57. The molecule has 0 amide bonds. The topological polar surface area (TPSA) is 43.2 Å². The van der Waals surface area contributed by atoms with Crippen molar-refractivity contribution in [1.29, 1.82) is 0 Å². The number of azo groups is 1. The van der Waals surface area contributed by atoms with E-state index in [1.807, 2.05) is 13.8 Å². The van der Waals surface area contributed by atoms with Crippen molar-refractivity contribution in [2.24, 2.45) is 10.2 Å². The molecule has 80 valence electrons. The average molecular weight is 198 g/mol. The van der Waals surface area contributed by atoms with Crippen LogP contribution in [-0.4, -0.2) is 24.7 Å². The van der Waals surface area contributed by atoms with E-state index in [-0.39, 0.29) is 0 Å². The first-order valence-electron chi connectivity index (χ1n) is 5.34. The average Bonchev–Trinajstić information content (AvgIpc) is 2.74. The second kappa shape index (κ2) is 3.59. The minimum atomic E-state index is -0.394. The molecule has 2 fully saturated rings. The molecule has 0 N–H and O–H groups in total. The Hall–Kier alpha value is -0.480. The fourth-order valence-electron chi connectivity index (χ4n) is 1.90. The predicted octanol–water partition coefficient (Wildman–Crippen LogP) is 2.49. The van der Waals surface area contributed by atoms with E-state index in [4.69, 9.17) is 9.47 Å². The molecule has 2 saturated heterocycles. The van der Waals surface area contributed by atoms with Crippen LogP contribution in [0.4, 0.5) is 0 Å². The summed E-state index contributed by atoms with van der Waals surface area (Å²) in [5.41, 5.74) is -0.788. The van der Waals surface area contributed by atoms with E-state index in [0.717, 1.165) is 38.9 Å². The molecule has 2 aliphatic rings. The van der Waals surface area contributed by atoms with Crippen molar-refractivity contribution >= 4 is 0 Å². The molecule has 0 saturated carbocycles. The Morgan fingerprint density at radius 2 is 1.29 bits per heavy atom. The Bertz CT molecular complexity index is 204. The third-order valence-electron chi connectivity index (χ3n) is 2.87. The molecule has 2 atom stereocenters. The number of rotatable bonds is 2. The summed E-state index contributed by atoms with van der Waals surface area (Å²) in [4.78, 5) is 0. The molecule has 0 spiro atoms. The fraction of sp³-hybridized carbons (Fsp3) is 1.00. The zero-order valence-corrected chi connectivity index (χ0v) is 8.95. The van der Waals surface area contributed by atoms with Crippen LogP contribution >= 0.6 is 0 Å². The van der Waals surface area contributed by atoms with Gasteiger partial charge in [0.1, 0.15) is 0 Å². The van der Waals surface area contributed by atoms with Gasteiger partial charge in [0.05, 0.1) is 0 Å². The second-order valence-corrected chi connectivity index (χ2v) is 4.45. The van der Waals surface area contributed by atoms with E-state index < -0.39 is 11.4 Å². The number of hydrogen-bond donors (Lipinski definition) is 0. The molecular formula is C10H18N2O2. The predicted molar refractivity (Wildman–Crippen MR) is 52.0 cm³/mol. The zero-order chi connectivity index (χ0) is 10.1. The summed E-state index contributed by atoms with van der Waals surface area (Å²) in [7, 11) is 0. The number of nitrogens with zero attached hydrogens (tertiary/aromatic N) is 2. The van der Waals surface area contributed by atoms with Crippen molar-refractivity contribution in [2.45, 2.75) is 51.0 Å².